The fourth-order valence-corrected chi connectivity index (χ4v) is 3.59. The smallest absolute Gasteiger partial charge is 0.127 e. The second-order valence-corrected chi connectivity index (χ2v) is 7.44. The molecular formula is C26H25FO2. The molecule has 3 aromatic rings. The van der Waals surface area contributed by atoms with Gasteiger partial charge in [-0.1, -0.05) is 42.5 Å². The molecule has 0 amide bonds. The zero-order chi connectivity index (χ0) is 20.1. The number of hydrogen-bond donors (Lipinski definition) is 0. The maximum atomic E-state index is 14.9. The SMILES string of the molecule is CCOc1ccc(C2(C=C(F)Cc3cccc(Oc4ccccc4)c3)CC2)cc1. The van der Waals surface area contributed by atoms with Crippen LogP contribution in [0.1, 0.15) is 30.9 Å². The van der Waals surface area contributed by atoms with Crippen molar-refractivity contribution >= 4 is 0 Å². The van der Waals surface area contributed by atoms with E-state index in [2.05, 4.69) is 12.1 Å². The summed E-state index contributed by atoms with van der Waals surface area (Å²) >= 11 is 0. The van der Waals surface area contributed by atoms with Crippen LogP contribution >= 0.6 is 0 Å². The van der Waals surface area contributed by atoms with E-state index >= 15 is 0 Å². The number of benzene rings is 3. The first kappa shape index (κ1) is 19.3. The molecule has 0 bridgehead atoms. The average Bonchev–Trinajstić information content (AvgIpc) is 3.50. The van der Waals surface area contributed by atoms with E-state index in [-0.39, 0.29) is 17.7 Å². The van der Waals surface area contributed by atoms with E-state index in [0.29, 0.717) is 12.4 Å². The molecule has 0 atom stereocenters. The summed E-state index contributed by atoms with van der Waals surface area (Å²) in [5, 5.41) is 0. The third kappa shape index (κ3) is 4.86. The van der Waals surface area contributed by atoms with Crippen molar-refractivity contribution in [2.24, 2.45) is 0 Å². The molecule has 1 saturated carbocycles. The molecule has 3 heteroatoms. The Balaban J connectivity index is 1.45. The largest absolute Gasteiger partial charge is 0.494 e. The summed E-state index contributed by atoms with van der Waals surface area (Å²) in [6, 6.07) is 25.3. The maximum Gasteiger partial charge on any atom is 0.127 e. The lowest BCUT2D eigenvalue weighted by molar-refractivity contribution is 0.340. The van der Waals surface area contributed by atoms with E-state index in [9.17, 15) is 4.39 Å². The molecule has 0 heterocycles. The van der Waals surface area contributed by atoms with Gasteiger partial charge in [-0.25, -0.2) is 4.39 Å². The normalized spacial score (nSPS) is 15.0. The summed E-state index contributed by atoms with van der Waals surface area (Å²) in [5.41, 5.74) is 1.87. The van der Waals surface area contributed by atoms with Crippen molar-refractivity contribution in [2.75, 3.05) is 6.61 Å². The Bertz CT molecular complexity index is 973. The minimum absolute atomic E-state index is 0.103. The summed E-state index contributed by atoms with van der Waals surface area (Å²) in [6.07, 6.45) is 4.02. The van der Waals surface area contributed by atoms with E-state index in [1.165, 1.54) is 0 Å². The highest BCUT2D eigenvalue weighted by atomic mass is 19.1. The minimum Gasteiger partial charge on any atom is -0.494 e. The molecule has 0 spiro atoms. The summed E-state index contributed by atoms with van der Waals surface area (Å²) in [7, 11) is 0. The zero-order valence-corrected chi connectivity index (χ0v) is 16.6. The second kappa shape index (κ2) is 8.52. The molecule has 0 radical (unpaired) electrons. The fraction of sp³-hybridized carbons (Fsp3) is 0.231. The number of hydrogen-bond acceptors (Lipinski definition) is 2. The van der Waals surface area contributed by atoms with Gasteiger partial charge >= 0.3 is 0 Å². The monoisotopic (exact) mass is 388 g/mol. The third-order valence-electron chi connectivity index (χ3n) is 5.21. The van der Waals surface area contributed by atoms with Crippen LogP contribution in [0.3, 0.4) is 0 Å². The lowest BCUT2D eigenvalue weighted by atomic mass is 9.94. The van der Waals surface area contributed by atoms with Gasteiger partial charge in [-0.2, -0.15) is 0 Å². The van der Waals surface area contributed by atoms with Crippen LogP contribution < -0.4 is 9.47 Å². The van der Waals surface area contributed by atoms with Gasteiger partial charge < -0.3 is 9.47 Å². The topological polar surface area (TPSA) is 18.5 Å². The molecule has 0 unspecified atom stereocenters. The Hall–Kier alpha value is -3.07. The van der Waals surface area contributed by atoms with E-state index in [0.717, 1.165) is 35.5 Å². The van der Waals surface area contributed by atoms with Crippen molar-refractivity contribution in [3.63, 3.8) is 0 Å². The highest BCUT2D eigenvalue weighted by Gasteiger charge is 2.42. The summed E-state index contributed by atoms with van der Waals surface area (Å²) < 4.78 is 26.2. The first-order valence-electron chi connectivity index (χ1n) is 10.1. The van der Waals surface area contributed by atoms with E-state index in [1.807, 2.05) is 73.7 Å². The summed E-state index contributed by atoms with van der Waals surface area (Å²) in [4.78, 5) is 0. The van der Waals surface area contributed by atoms with Crippen LogP contribution in [0.25, 0.3) is 0 Å². The van der Waals surface area contributed by atoms with Crippen molar-refractivity contribution in [1.29, 1.82) is 0 Å². The Morgan fingerprint density at radius 3 is 2.31 bits per heavy atom. The maximum absolute atomic E-state index is 14.9. The van der Waals surface area contributed by atoms with E-state index in [4.69, 9.17) is 9.47 Å². The molecule has 4 rings (SSSR count). The molecule has 2 nitrogen and oxygen atoms in total. The van der Waals surface area contributed by atoms with Crippen LogP contribution in [0.2, 0.25) is 0 Å². The van der Waals surface area contributed by atoms with Crippen LogP contribution in [-0.2, 0) is 11.8 Å². The third-order valence-corrected chi connectivity index (χ3v) is 5.21. The van der Waals surface area contributed by atoms with Gasteiger partial charge in [0.15, 0.2) is 0 Å². The van der Waals surface area contributed by atoms with Gasteiger partial charge in [0.1, 0.15) is 23.1 Å². The van der Waals surface area contributed by atoms with Crippen molar-refractivity contribution in [3.05, 3.63) is 102 Å². The van der Waals surface area contributed by atoms with Crippen LogP contribution in [-0.4, -0.2) is 6.61 Å². The molecule has 1 fully saturated rings. The fourth-order valence-electron chi connectivity index (χ4n) is 3.59. The summed E-state index contributed by atoms with van der Waals surface area (Å²) in [5.74, 6) is 2.24. The molecular weight excluding hydrogens is 363 g/mol. The number of halogens is 1. The van der Waals surface area contributed by atoms with Gasteiger partial charge in [0, 0.05) is 11.8 Å². The van der Waals surface area contributed by atoms with Gasteiger partial charge in [-0.05, 0) is 73.4 Å². The van der Waals surface area contributed by atoms with Gasteiger partial charge in [0.25, 0.3) is 0 Å². The Labute approximate surface area is 171 Å². The van der Waals surface area contributed by atoms with Gasteiger partial charge in [-0.15, -0.1) is 0 Å². The molecule has 0 aromatic heterocycles. The molecule has 1 aliphatic carbocycles. The Morgan fingerprint density at radius 1 is 0.897 bits per heavy atom. The Kier molecular flexibility index (Phi) is 5.66. The highest BCUT2D eigenvalue weighted by Crippen LogP contribution is 2.50. The van der Waals surface area contributed by atoms with E-state index in [1.54, 1.807) is 6.08 Å². The zero-order valence-electron chi connectivity index (χ0n) is 16.6. The number of ether oxygens (including phenoxy) is 2. The Morgan fingerprint density at radius 2 is 1.62 bits per heavy atom. The number of allylic oxidation sites excluding steroid dienone is 2. The van der Waals surface area contributed by atoms with Crippen LogP contribution in [0.5, 0.6) is 17.2 Å². The van der Waals surface area contributed by atoms with Gasteiger partial charge in [0.05, 0.1) is 6.61 Å². The molecule has 29 heavy (non-hydrogen) atoms. The number of para-hydroxylation sites is 1. The second-order valence-electron chi connectivity index (χ2n) is 7.44. The van der Waals surface area contributed by atoms with Crippen LogP contribution in [0.15, 0.2) is 90.8 Å². The molecule has 0 saturated heterocycles. The van der Waals surface area contributed by atoms with Crippen molar-refractivity contribution < 1.29 is 13.9 Å². The average molecular weight is 388 g/mol. The molecule has 148 valence electrons. The predicted octanol–water partition coefficient (Wildman–Crippen LogP) is 7.01. The molecule has 0 N–H and O–H groups in total. The first-order valence-corrected chi connectivity index (χ1v) is 10.1. The summed E-state index contributed by atoms with van der Waals surface area (Å²) in [6.45, 7) is 2.61. The lowest BCUT2D eigenvalue weighted by Gasteiger charge is -2.13. The van der Waals surface area contributed by atoms with Crippen molar-refractivity contribution in [2.45, 2.75) is 31.6 Å². The van der Waals surface area contributed by atoms with Gasteiger partial charge in [-0.3, -0.25) is 0 Å². The highest BCUT2D eigenvalue weighted by molar-refractivity contribution is 5.42. The molecule has 3 aromatic carbocycles. The van der Waals surface area contributed by atoms with Crippen molar-refractivity contribution in [1.82, 2.24) is 0 Å². The number of rotatable bonds is 8. The first-order chi connectivity index (χ1) is 14.2. The van der Waals surface area contributed by atoms with Crippen molar-refractivity contribution in [3.8, 4) is 17.2 Å². The van der Waals surface area contributed by atoms with Crippen LogP contribution in [0, 0.1) is 0 Å². The molecule has 1 aliphatic rings. The van der Waals surface area contributed by atoms with Crippen LogP contribution in [0.4, 0.5) is 4.39 Å². The van der Waals surface area contributed by atoms with E-state index < -0.39 is 0 Å². The lowest BCUT2D eigenvalue weighted by Crippen LogP contribution is -2.04. The minimum atomic E-state index is -0.174. The van der Waals surface area contributed by atoms with Gasteiger partial charge in [0.2, 0.25) is 0 Å². The predicted molar refractivity (Wildman–Crippen MR) is 114 cm³/mol. The quantitative estimate of drug-likeness (QED) is 0.413. The molecule has 0 aliphatic heterocycles. The standard InChI is InChI=1S/C26H25FO2/c1-2-28-23-13-11-21(12-14-23)26(15-16-26)19-22(27)17-20-7-6-10-25(18-20)29-24-8-4-3-5-9-24/h3-14,18-19H,2,15-17H2,1H3.